The Morgan fingerprint density at radius 2 is 2.07 bits per heavy atom. The zero-order valence-corrected chi connectivity index (χ0v) is 9.31. The van der Waals surface area contributed by atoms with Crippen LogP contribution in [0.4, 0.5) is 0 Å². The minimum Gasteiger partial charge on any atom is -0.281 e. The largest absolute Gasteiger partial charge is 0.281 e. The Morgan fingerprint density at radius 1 is 1.29 bits per heavy atom. The minimum absolute atomic E-state index is 0.254. The van der Waals surface area contributed by atoms with Gasteiger partial charge in [-0.3, -0.25) is 4.79 Å². The molecule has 0 amide bonds. The summed E-state index contributed by atoms with van der Waals surface area (Å²) in [5, 5.41) is 0.506. The molecular formula is C11H12Cl2O. The van der Waals surface area contributed by atoms with Gasteiger partial charge in [0.05, 0.1) is 0 Å². The van der Waals surface area contributed by atoms with Gasteiger partial charge in [-0.15, -0.1) is 0 Å². The highest BCUT2D eigenvalue weighted by molar-refractivity contribution is 6.63. The lowest BCUT2D eigenvalue weighted by molar-refractivity contribution is -0.111. The van der Waals surface area contributed by atoms with Gasteiger partial charge in [0.15, 0.2) is 0 Å². The first-order valence-electron chi connectivity index (χ1n) is 4.61. The van der Waals surface area contributed by atoms with Crippen LogP contribution >= 0.6 is 23.2 Å². The maximum Gasteiger partial charge on any atom is 0.221 e. The van der Waals surface area contributed by atoms with Crippen LogP contribution in [0.15, 0.2) is 24.3 Å². The summed E-state index contributed by atoms with van der Waals surface area (Å²) < 4.78 is 0. The fourth-order valence-electron chi connectivity index (χ4n) is 1.29. The highest BCUT2D eigenvalue weighted by Crippen LogP contribution is 2.13. The van der Waals surface area contributed by atoms with E-state index in [9.17, 15) is 4.79 Å². The van der Waals surface area contributed by atoms with E-state index in [-0.39, 0.29) is 5.24 Å². The summed E-state index contributed by atoms with van der Waals surface area (Å²) in [6.07, 6.45) is 3.22. The van der Waals surface area contributed by atoms with Gasteiger partial charge in [0.1, 0.15) is 0 Å². The minimum atomic E-state index is -0.254. The van der Waals surface area contributed by atoms with Crippen LogP contribution in [-0.4, -0.2) is 5.24 Å². The van der Waals surface area contributed by atoms with E-state index >= 15 is 0 Å². The molecule has 76 valence electrons. The van der Waals surface area contributed by atoms with Crippen LogP contribution < -0.4 is 0 Å². The number of carbonyl (C=O) groups is 1. The van der Waals surface area contributed by atoms with E-state index < -0.39 is 0 Å². The average Bonchev–Trinajstić information content (AvgIpc) is 2.12. The first-order valence-corrected chi connectivity index (χ1v) is 5.37. The van der Waals surface area contributed by atoms with Crippen LogP contribution in [0.5, 0.6) is 0 Å². The Hall–Kier alpha value is -0.530. The Labute approximate surface area is 94.0 Å². The predicted octanol–water partition coefficient (Wildman–Crippen LogP) is 3.82. The quantitative estimate of drug-likeness (QED) is 0.556. The van der Waals surface area contributed by atoms with E-state index in [2.05, 4.69) is 0 Å². The maximum atomic E-state index is 10.5. The maximum absolute atomic E-state index is 10.5. The van der Waals surface area contributed by atoms with Crippen LogP contribution in [-0.2, 0) is 11.2 Å². The summed E-state index contributed by atoms with van der Waals surface area (Å²) in [4.78, 5) is 10.5. The summed E-state index contributed by atoms with van der Waals surface area (Å²) >= 11 is 11.1. The highest BCUT2D eigenvalue weighted by atomic mass is 35.5. The third-order valence-corrected chi connectivity index (χ3v) is 2.40. The van der Waals surface area contributed by atoms with E-state index in [1.807, 2.05) is 24.3 Å². The van der Waals surface area contributed by atoms with Crippen molar-refractivity contribution in [2.24, 2.45) is 0 Å². The molecule has 0 aliphatic rings. The number of hydrogen-bond donors (Lipinski definition) is 0. The average molecular weight is 231 g/mol. The molecule has 1 nitrogen and oxygen atoms in total. The second-order valence-electron chi connectivity index (χ2n) is 3.19. The number of rotatable bonds is 5. The van der Waals surface area contributed by atoms with Crippen molar-refractivity contribution in [2.75, 3.05) is 0 Å². The lowest BCUT2D eigenvalue weighted by Gasteiger charge is -2.00. The molecule has 0 N–H and O–H groups in total. The molecule has 1 aromatic carbocycles. The lowest BCUT2D eigenvalue weighted by atomic mass is 10.1. The third-order valence-electron chi connectivity index (χ3n) is 1.98. The Balaban J connectivity index is 2.28. The predicted molar refractivity (Wildman–Crippen MR) is 59.9 cm³/mol. The van der Waals surface area contributed by atoms with Gasteiger partial charge >= 0.3 is 0 Å². The fourth-order valence-corrected chi connectivity index (χ4v) is 1.63. The fraction of sp³-hybridized carbons (Fsp3) is 0.364. The summed E-state index contributed by atoms with van der Waals surface area (Å²) in [6, 6.07) is 7.77. The molecule has 1 rings (SSSR count). The zero-order chi connectivity index (χ0) is 10.4. The molecule has 0 fully saturated rings. The normalized spacial score (nSPS) is 10.1. The Bertz CT molecular complexity index is 310. The lowest BCUT2D eigenvalue weighted by Crippen LogP contribution is -1.89. The number of carbonyl (C=O) groups excluding carboxylic acids is 1. The van der Waals surface area contributed by atoms with E-state index in [0.29, 0.717) is 6.42 Å². The van der Waals surface area contributed by atoms with Gasteiger partial charge in [0, 0.05) is 11.4 Å². The van der Waals surface area contributed by atoms with Gasteiger partial charge in [0.2, 0.25) is 5.24 Å². The van der Waals surface area contributed by atoms with Gasteiger partial charge in [0.25, 0.3) is 0 Å². The third kappa shape index (κ3) is 4.64. The summed E-state index contributed by atoms with van der Waals surface area (Å²) in [7, 11) is 0. The molecule has 0 aromatic heterocycles. The number of unbranched alkanes of at least 4 members (excludes halogenated alkanes) is 1. The van der Waals surface area contributed by atoms with Crippen LogP contribution in [0.2, 0.25) is 5.02 Å². The van der Waals surface area contributed by atoms with Crippen molar-refractivity contribution in [3.63, 3.8) is 0 Å². The molecule has 0 saturated carbocycles. The smallest absolute Gasteiger partial charge is 0.221 e. The topological polar surface area (TPSA) is 17.1 Å². The summed E-state index contributed by atoms with van der Waals surface area (Å²) in [6.45, 7) is 0. The van der Waals surface area contributed by atoms with Gasteiger partial charge in [-0.25, -0.2) is 0 Å². The van der Waals surface area contributed by atoms with Crippen LogP contribution in [0, 0.1) is 0 Å². The van der Waals surface area contributed by atoms with E-state index in [1.165, 1.54) is 5.56 Å². The number of aryl methyl sites for hydroxylation is 1. The SMILES string of the molecule is O=C(Cl)CCCCc1cccc(Cl)c1. The first-order chi connectivity index (χ1) is 6.68. The molecule has 0 spiro atoms. The van der Waals surface area contributed by atoms with Crippen LogP contribution in [0.1, 0.15) is 24.8 Å². The molecule has 0 atom stereocenters. The molecular weight excluding hydrogens is 219 g/mol. The van der Waals surface area contributed by atoms with Crippen molar-refractivity contribution < 1.29 is 4.79 Å². The molecule has 0 saturated heterocycles. The van der Waals surface area contributed by atoms with Gasteiger partial charge < -0.3 is 0 Å². The van der Waals surface area contributed by atoms with Crippen molar-refractivity contribution >= 4 is 28.4 Å². The van der Waals surface area contributed by atoms with Crippen molar-refractivity contribution in [1.82, 2.24) is 0 Å². The van der Waals surface area contributed by atoms with Crippen molar-refractivity contribution in [3.05, 3.63) is 34.9 Å². The molecule has 0 radical (unpaired) electrons. The Kier molecular flexibility index (Phi) is 4.99. The summed E-state index contributed by atoms with van der Waals surface area (Å²) in [5.74, 6) is 0. The van der Waals surface area contributed by atoms with Gasteiger partial charge in [-0.2, -0.15) is 0 Å². The molecule has 0 heterocycles. The van der Waals surface area contributed by atoms with Crippen molar-refractivity contribution in [3.8, 4) is 0 Å². The molecule has 0 bridgehead atoms. The number of benzene rings is 1. The number of halogens is 2. The monoisotopic (exact) mass is 230 g/mol. The van der Waals surface area contributed by atoms with Crippen LogP contribution in [0.25, 0.3) is 0 Å². The van der Waals surface area contributed by atoms with E-state index in [4.69, 9.17) is 23.2 Å². The van der Waals surface area contributed by atoms with E-state index in [0.717, 1.165) is 24.3 Å². The van der Waals surface area contributed by atoms with Gasteiger partial charge in [-0.1, -0.05) is 23.7 Å². The Morgan fingerprint density at radius 3 is 2.71 bits per heavy atom. The van der Waals surface area contributed by atoms with Gasteiger partial charge in [-0.05, 0) is 48.6 Å². The zero-order valence-electron chi connectivity index (χ0n) is 7.80. The number of hydrogen-bond acceptors (Lipinski definition) is 1. The molecule has 14 heavy (non-hydrogen) atoms. The van der Waals surface area contributed by atoms with Crippen molar-refractivity contribution in [1.29, 1.82) is 0 Å². The van der Waals surface area contributed by atoms with E-state index in [1.54, 1.807) is 0 Å². The highest BCUT2D eigenvalue weighted by Gasteiger charge is 1.97. The molecule has 3 heteroatoms. The molecule has 1 aromatic rings. The second kappa shape index (κ2) is 6.05. The van der Waals surface area contributed by atoms with Crippen molar-refractivity contribution in [2.45, 2.75) is 25.7 Å². The molecule has 0 aliphatic heterocycles. The first kappa shape index (κ1) is 11.5. The molecule has 0 aliphatic carbocycles. The summed E-state index contributed by atoms with van der Waals surface area (Å²) in [5.41, 5.74) is 1.21. The second-order valence-corrected chi connectivity index (χ2v) is 4.05. The van der Waals surface area contributed by atoms with Crippen LogP contribution in [0.3, 0.4) is 0 Å². The molecule has 0 unspecified atom stereocenters. The standard InChI is InChI=1S/C11H12Cl2O/c12-10-6-3-5-9(8-10)4-1-2-7-11(13)14/h3,5-6,8H,1-2,4,7H2.